The summed E-state index contributed by atoms with van der Waals surface area (Å²) in [4.78, 5) is 13.4. The fourth-order valence-corrected chi connectivity index (χ4v) is 7.26. The van der Waals surface area contributed by atoms with Gasteiger partial charge in [-0.3, -0.25) is 4.79 Å². The van der Waals surface area contributed by atoms with Gasteiger partial charge in [-0.15, -0.1) is 0 Å². The third kappa shape index (κ3) is 4.46. The highest BCUT2D eigenvalue weighted by Crippen LogP contribution is 2.64. The predicted octanol–water partition coefficient (Wildman–Crippen LogP) is 6.26. The summed E-state index contributed by atoms with van der Waals surface area (Å²) in [6.45, 7) is 9.07. The first-order valence-electron chi connectivity index (χ1n) is 12.7. The van der Waals surface area contributed by atoms with Gasteiger partial charge in [-0.05, 0) is 96.3 Å². The van der Waals surface area contributed by atoms with Gasteiger partial charge in [0, 0.05) is 5.41 Å². The van der Waals surface area contributed by atoms with Gasteiger partial charge < -0.3 is 14.2 Å². The van der Waals surface area contributed by atoms with E-state index in [4.69, 9.17) is 14.2 Å². The van der Waals surface area contributed by atoms with Crippen molar-refractivity contribution in [1.82, 2.24) is 0 Å². The molecule has 4 heteroatoms. The maximum atomic E-state index is 13.4. The molecule has 0 heterocycles. The summed E-state index contributed by atoms with van der Waals surface area (Å²) in [5, 5.41) is 0. The number of hydrogen-bond donors (Lipinski definition) is 0. The van der Waals surface area contributed by atoms with E-state index in [2.05, 4.69) is 20.8 Å². The van der Waals surface area contributed by atoms with Gasteiger partial charge in [0.25, 0.3) is 0 Å². The molecule has 0 spiro atoms. The van der Waals surface area contributed by atoms with Crippen molar-refractivity contribution in [1.29, 1.82) is 0 Å². The van der Waals surface area contributed by atoms with Crippen LogP contribution >= 0.6 is 0 Å². The van der Waals surface area contributed by atoms with Crippen molar-refractivity contribution in [3.8, 4) is 0 Å². The first kappa shape index (κ1) is 22.6. The molecule has 172 valence electrons. The summed E-state index contributed by atoms with van der Waals surface area (Å²) in [6, 6.07) is 0. The lowest BCUT2D eigenvalue weighted by atomic mass is 9.46. The highest BCUT2D eigenvalue weighted by atomic mass is 16.7. The quantitative estimate of drug-likeness (QED) is 0.251. The van der Waals surface area contributed by atoms with Crippen molar-refractivity contribution < 1.29 is 19.0 Å². The Labute approximate surface area is 183 Å². The molecular weight excluding hydrogens is 376 g/mol. The second-order valence-electron chi connectivity index (χ2n) is 11.9. The molecule has 1 unspecified atom stereocenters. The zero-order chi connectivity index (χ0) is 21.4. The minimum atomic E-state index is -0.616. The topological polar surface area (TPSA) is 44.8 Å². The van der Waals surface area contributed by atoms with E-state index in [0.717, 1.165) is 30.6 Å². The third-order valence-corrected chi connectivity index (χ3v) is 9.30. The van der Waals surface area contributed by atoms with E-state index in [1.807, 2.05) is 6.92 Å². The molecule has 0 radical (unpaired) electrons. The van der Waals surface area contributed by atoms with Crippen LogP contribution in [0.15, 0.2) is 0 Å². The van der Waals surface area contributed by atoms with Crippen LogP contribution in [0.5, 0.6) is 0 Å². The van der Waals surface area contributed by atoms with Crippen molar-refractivity contribution >= 4 is 5.97 Å². The van der Waals surface area contributed by atoms with Crippen LogP contribution in [-0.2, 0) is 19.0 Å². The van der Waals surface area contributed by atoms with E-state index >= 15 is 0 Å². The first-order valence-corrected chi connectivity index (χ1v) is 12.7. The van der Waals surface area contributed by atoms with Gasteiger partial charge >= 0.3 is 5.97 Å². The largest absolute Gasteiger partial charge is 0.459 e. The SMILES string of the molecule is CCC(C)(COCOC1CCCCC1)C(=O)OC(C)(C)C12CC3CC(CC(C3)C1)C2. The van der Waals surface area contributed by atoms with Crippen LogP contribution in [0.25, 0.3) is 0 Å². The van der Waals surface area contributed by atoms with Gasteiger partial charge in [-0.25, -0.2) is 0 Å². The summed E-state index contributed by atoms with van der Waals surface area (Å²) < 4.78 is 18.1. The molecule has 30 heavy (non-hydrogen) atoms. The Kier molecular flexibility index (Phi) is 6.57. The second kappa shape index (κ2) is 8.73. The monoisotopic (exact) mass is 420 g/mol. The van der Waals surface area contributed by atoms with Gasteiger partial charge in [0.15, 0.2) is 0 Å². The highest BCUT2D eigenvalue weighted by molar-refractivity contribution is 5.77. The van der Waals surface area contributed by atoms with Crippen molar-refractivity contribution in [3.63, 3.8) is 0 Å². The van der Waals surface area contributed by atoms with Crippen LogP contribution in [0.1, 0.15) is 105 Å². The third-order valence-electron chi connectivity index (χ3n) is 9.30. The molecular formula is C26H44O4. The number of hydrogen-bond acceptors (Lipinski definition) is 4. The summed E-state index contributed by atoms with van der Waals surface area (Å²) in [6.07, 6.45) is 15.1. The molecule has 0 aromatic rings. The Hall–Kier alpha value is -0.610. The summed E-state index contributed by atoms with van der Waals surface area (Å²) in [5.41, 5.74) is -0.846. The summed E-state index contributed by atoms with van der Waals surface area (Å²) in [7, 11) is 0. The van der Waals surface area contributed by atoms with E-state index in [9.17, 15) is 4.79 Å². The molecule has 0 saturated heterocycles. The molecule has 1 atom stereocenters. The normalized spacial score (nSPS) is 35.9. The zero-order valence-corrected chi connectivity index (χ0v) is 19.8. The Morgan fingerprint density at radius 3 is 2.03 bits per heavy atom. The Morgan fingerprint density at radius 2 is 1.50 bits per heavy atom. The number of ether oxygens (including phenoxy) is 3. The lowest BCUT2D eigenvalue weighted by Crippen LogP contribution is -2.58. The molecule has 0 aliphatic heterocycles. The molecule has 4 nitrogen and oxygen atoms in total. The summed E-state index contributed by atoms with van der Waals surface area (Å²) >= 11 is 0. The Bertz CT molecular complexity index is 571. The number of carbonyl (C=O) groups excluding carboxylic acids is 1. The average molecular weight is 421 g/mol. The van der Waals surface area contributed by atoms with Crippen molar-refractivity contribution in [2.24, 2.45) is 28.6 Å². The van der Waals surface area contributed by atoms with E-state index in [1.54, 1.807) is 0 Å². The molecule has 5 aliphatic rings. The minimum Gasteiger partial charge on any atom is -0.459 e. The second-order valence-corrected chi connectivity index (χ2v) is 11.9. The van der Waals surface area contributed by atoms with Crippen molar-refractivity contribution in [2.75, 3.05) is 13.4 Å². The van der Waals surface area contributed by atoms with Crippen molar-refractivity contribution in [3.05, 3.63) is 0 Å². The van der Waals surface area contributed by atoms with E-state index in [0.29, 0.717) is 19.1 Å². The molecule has 5 fully saturated rings. The lowest BCUT2D eigenvalue weighted by molar-refractivity contribution is -0.211. The maximum absolute atomic E-state index is 13.4. The molecule has 4 bridgehead atoms. The maximum Gasteiger partial charge on any atom is 0.314 e. The van der Waals surface area contributed by atoms with E-state index < -0.39 is 11.0 Å². The molecule has 0 aromatic carbocycles. The van der Waals surface area contributed by atoms with Crippen LogP contribution in [0.3, 0.4) is 0 Å². The van der Waals surface area contributed by atoms with Gasteiger partial charge in [0.05, 0.1) is 18.1 Å². The van der Waals surface area contributed by atoms with Gasteiger partial charge in [0.2, 0.25) is 0 Å². The highest BCUT2D eigenvalue weighted by Gasteiger charge is 2.59. The minimum absolute atomic E-state index is 0.0941. The standard InChI is InChI=1S/C26H44O4/c1-5-25(4,17-28-18-29-22-9-7-6-8-10-22)23(27)30-24(2,3)26-14-19-11-20(15-26)13-21(12-19)16-26/h19-22H,5-18H2,1-4H3. The number of carbonyl (C=O) groups is 1. The van der Waals surface area contributed by atoms with Gasteiger partial charge in [-0.1, -0.05) is 26.2 Å². The number of esters is 1. The fourth-order valence-electron chi connectivity index (χ4n) is 7.26. The van der Waals surface area contributed by atoms with Crippen LogP contribution < -0.4 is 0 Å². The smallest absolute Gasteiger partial charge is 0.314 e. The predicted molar refractivity (Wildman–Crippen MR) is 118 cm³/mol. The van der Waals surface area contributed by atoms with Crippen LogP contribution in [0.4, 0.5) is 0 Å². The van der Waals surface area contributed by atoms with Crippen LogP contribution in [0.2, 0.25) is 0 Å². The molecule has 0 N–H and O–H groups in total. The Morgan fingerprint density at radius 1 is 0.933 bits per heavy atom. The van der Waals surface area contributed by atoms with Gasteiger partial charge in [-0.2, -0.15) is 0 Å². The van der Waals surface area contributed by atoms with E-state index in [1.165, 1.54) is 57.8 Å². The summed E-state index contributed by atoms with van der Waals surface area (Å²) in [5.74, 6) is 2.47. The molecule has 5 saturated carbocycles. The molecule has 5 rings (SSSR count). The molecule has 5 aliphatic carbocycles. The average Bonchev–Trinajstić information content (AvgIpc) is 2.70. The zero-order valence-electron chi connectivity index (χ0n) is 19.8. The van der Waals surface area contributed by atoms with Crippen molar-refractivity contribution in [2.45, 2.75) is 116 Å². The number of rotatable bonds is 9. The molecule has 0 amide bonds. The molecule has 0 aromatic heterocycles. The van der Waals surface area contributed by atoms with Gasteiger partial charge in [0.1, 0.15) is 12.4 Å². The van der Waals surface area contributed by atoms with Crippen LogP contribution in [-0.4, -0.2) is 31.1 Å². The van der Waals surface area contributed by atoms with E-state index in [-0.39, 0.29) is 18.2 Å². The Balaban J connectivity index is 1.32. The first-order chi connectivity index (χ1) is 14.3. The fraction of sp³-hybridized carbons (Fsp3) is 0.962. The van der Waals surface area contributed by atoms with Crippen LogP contribution in [0, 0.1) is 28.6 Å². The lowest BCUT2D eigenvalue weighted by Gasteiger charge is -2.61.